The molecule has 6 aliphatic rings. The highest BCUT2D eigenvalue weighted by molar-refractivity contribution is 5.97. The monoisotopic (exact) mass is 668 g/mol. The maximum Gasteiger partial charge on any atom is 0.410 e. The molecule has 1 amide bonds. The van der Waals surface area contributed by atoms with E-state index < -0.39 is 11.8 Å². The quantitative estimate of drug-likeness (QED) is 0.291. The van der Waals surface area contributed by atoms with Gasteiger partial charge in [0.1, 0.15) is 24.2 Å². The molecule has 0 spiro atoms. The lowest BCUT2D eigenvalue weighted by Crippen LogP contribution is -2.57. The molecule has 4 saturated heterocycles. The third-order valence-electron chi connectivity index (χ3n) is 11.9. The number of benzene rings is 2. The molecule has 6 heterocycles. The highest BCUT2D eigenvalue weighted by Crippen LogP contribution is 2.46. The Morgan fingerprint density at radius 2 is 1.76 bits per heavy atom. The maximum absolute atomic E-state index is 14.6. The van der Waals surface area contributed by atoms with Crippen molar-refractivity contribution in [3.05, 3.63) is 53.2 Å². The molecule has 4 atom stereocenters. The van der Waals surface area contributed by atoms with Crippen LogP contribution in [0.4, 0.5) is 20.7 Å². The van der Waals surface area contributed by atoms with Crippen molar-refractivity contribution < 1.29 is 18.7 Å². The van der Waals surface area contributed by atoms with Gasteiger partial charge in [0.15, 0.2) is 0 Å². The van der Waals surface area contributed by atoms with E-state index in [4.69, 9.17) is 19.4 Å². The van der Waals surface area contributed by atoms with Crippen molar-refractivity contribution in [2.75, 3.05) is 49.1 Å². The van der Waals surface area contributed by atoms with E-state index in [-0.39, 0.29) is 23.7 Å². The predicted molar refractivity (Wildman–Crippen MR) is 188 cm³/mol. The highest BCUT2D eigenvalue weighted by atomic mass is 19.1. The maximum atomic E-state index is 14.6. The molecule has 9 rings (SSSR count). The van der Waals surface area contributed by atoms with Crippen molar-refractivity contribution in [2.45, 2.75) is 114 Å². The van der Waals surface area contributed by atoms with Gasteiger partial charge in [0.25, 0.3) is 0 Å². The van der Waals surface area contributed by atoms with Crippen LogP contribution in [0.1, 0.15) is 88.5 Å². The number of ether oxygens (including phenoxy) is 2. The Labute approximate surface area is 288 Å². The topological polar surface area (TPSA) is 74.3 Å². The lowest BCUT2D eigenvalue weighted by Gasteiger charge is -2.43. The third kappa shape index (κ3) is 5.68. The Morgan fingerprint density at radius 3 is 2.51 bits per heavy atom. The molecule has 1 aromatic heterocycles. The van der Waals surface area contributed by atoms with Gasteiger partial charge in [-0.1, -0.05) is 30.3 Å². The zero-order chi connectivity index (χ0) is 33.5. The molecule has 1 aliphatic carbocycles. The van der Waals surface area contributed by atoms with Gasteiger partial charge in [-0.05, 0) is 95.2 Å². The minimum atomic E-state index is -0.810. The first-order valence-electron chi connectivity index (χ1n) is 18.6. The average Bonchev–Trinajstić information content (AvgIpc) is 3.70. The molecule has 2 aromatic carbocycles. The number of anilines is 2. The van der Waals surface area contributed by atoms with Crippen LogP contribution in [0.3, 0.4) is 0 Å². The smallest absolute Gasteiger partial charge is 0.410 e. The summed E-state index contributed by atoms with van der Waals surface area (Å²) >= 11 is 0. The second kappa shape index (κ2) is 11.7. The Balaban J connectivity index is 1.04. The predicted octanol–water partition coefficient (Wildman–Crippen LogP) is 6.61. The molecule has 10 heteroatoms. The molecule has 2 bridgehead atoms. The van der Waals surface area contributed by atoms with Gasteiger partial charge in [0.2, 0.25) is 0 Å². The molecule has 9 nitrogen and oxygen atoms in total. The number of piperazine rings is 1. The molecule has 0 radical (unpaired) electrons. The highest BCUT2D eigenvalue weighted by Gasteiger charge is 2.50. The molecule has 260 valence electrons. The van der Waals surface area contributed by atoms with Crippen LogP contribution in [0.25, 0.3) is 10.8 Å². The van der Waals surface area contributed by atoms with Crippen LogP contribution in [0.2, 0.25) is 0 Å². The number of nitrogens with zero attached hydrogens (tertiary/aromatic N) is 6. The van der Waals surface area contributed by atoms with Gasteiger partial charge in [-0.2, -0.15) is 9.97 Å². The molecule has 2 unspecified atom stereocenters. The number of carbonyl (C=O) groups is 1. The van der Waals surface area contributed by atoms with Gasteiger partial charge in [-0.3, -0.25) is 9.80 Å². The van der Waals surface area contributed by atoms with Crippen molar-refractivity contribution >= 4 is 28.4 Å². The second-order valence-electron chi connectivity index (χ2n) is 16.5. The van der Waals surface area contributed by atoms with E-state index in [2.05, 4.69) is 51.1 Å². The number of aromatic nitrogens is 2. The Bertz CT molecular complexity index is 1760. The molecule has 1 saturated carbocycles. The number of halogens is 1. The van der Waals surface area contributed by atoms with Gasteiger partial charge in [0, 0.05) is 49.2 Å². The van der Waals surface area contributed by atoms with Crippen LogP contribution < -0.4 is 14.5 Å². The molecule has 0 N–H and O–H groups in total. The standard InChI is InChI=1S/C39H49FN6O3/c1-38(2,3)49-37(47)46-28-13-14-29(46)22-44(21-28)35-31-15-18-43(33-10-5-8-26-7-4-9-30(34(26)33)25-11-12-25)23-32(31)41-36(42-35)48-24-39-16-6-17-45(39)20-27(40)19-39/h4-5,7-10,25,27-29H,6,11-24H2,1-3H3/t27?,28-,29+,39?. The van der Waals surface area contributed by atoms with Crippen LogP contribution in [-0.2, 0) is 17.7 Å². The number of hydrogen-bond donors (Lipinski definition) is 0. The summed E-state index contributed by atoms with van der Waals surface area (Å²) in [6.07, 6.45) is 6.77. The zero-order valence-corrected chi connectivity index (χ0v) is 29.2. The van der Waals surface area contributed by atoms with Crippen LogP contribution in [-0.4, -0.2) is 94.6 Å². The van der Waals surface area contributed by atoms with Crippen molar-refractivity contribution in [2.24, 2.45) is 0 Å². The van der Waals surface area contributed by atoms with Crippen molar-refractivity contribution in [3.63, 3.8) is 0 Å². The Morgan fingerprint density at radius 1 is 0.980 bits per heavy atom. The summed E-state index contributed by atoms with van der Waals surface area (Å²) in [4.78, 5) is 32.7. The Kier molecular flexibility index (Phi) is 7.49. The van der Waals surface area contributed by atoms with Gasteiger partial charge < -0.3 is 19.3 Å². The van der Waals surface area contributed by atoms with Crippen molar-refractivity contribution in [3.8, 4) is 6.01 Å². The van der Waals surface area contributed by atoms with Gasteiger partial charge >= 0.3 is 12.1 Å². The van der Waals surface area contributed by atoms with Crippen molar-refractivity contribution in [1.29, 1.82) is 0 Å². The lowest BCUT2D eigenvalue weighted by atomic mass is 9.95. The third-order valence-corrected chi connectivity index (χ3v) is 11.9. The van der Waals surface area contributed by atoms with E-state index in [0.717, 1.165) is 56.7 Å². The molecular formula is C39H49FN6O3. The first-order chi connectivity index (χ1) is 23.6. The van der Waals surface area contributed by atoms with E-state index in [9.17, 15) is 9.18 Å². The minimum absolute atomic E-state index is 0.0751. The fourth-order valence-corrected chi connectivity index (χ4v) is 9.60. The summed E-state index contributed by atoms with van der Waals surface area (Å²) in [5.74, 6) is 1.59. The summed E-state index contributed by atoms with van der Waals surface area (Å²) in [5.41, 5.74) is 4.12. The van der Waals surface area contributed by atoms with E-state index in [1.54, 1.807) is 0 Å². The number of alkyl halides is 1. The zero-order valence-electron chi connectivity index (χ0n) is 29.2. The fourth-order valence-electron chi connectivity index (χ4n) is 9.60. The van der Waals surface area contributed by atoms with Gasteiger partial charge in [0.05, 0.1) is 29.9 Å². The summed E-state index contributed by atoms with van der Waals surface area (Å²) in [7, 11) is 0. The second-order valence-corrected chi connectivity index (χ2v) is 16.5. The molecule has 49 heavy (non-hydrogen) atoms. The number of amides is 1. The number of rotatable bonds is 6. The van der Waals surface area contributed by atoms with Gasteiger partial charge in [-0.15, -0.1) is 0 Å². The molecule has 3 aromatic rings. The van der Waals surface area contributed by atoms with E-state index in [1.807, 2.05) is 25.7 Å². The average molecular weight is 669 g/mol. The van der Waals surface area contributed by atoms with Crippen LogP contribution in [0.15, 0.2) is 36.4 Å². The summed E-state index contributed by atoms with van der Waals surface area (Å²) in [6.45, 7) is 10.6. The molecule has 5 fully saturated rings. The number of fused-ring (bicyclic) bond motifs is 5. The minimum Gasteiger partial charge on any atom is -0.461 e. The van der Waals surface area contributed by atoms with Crippen LogP contribution in [0, 0.1) is 0 Å². The van der Waals surface area contributed by atoms with Crippen molar-refractivity contribution in [1.82, 2.24) is 19.8 Å². The van der Waals surface area contributed by atoms with Crippen LogP contribution in [0.5, 0.6) is 6.01 Å². The molecule has 5 aliphatic heterocycles. The normalized spacial score (nSPS) is 28.2. The van der Waals surface area contributed by atoms with E-state index in [1.165, 1.54) is 40.4 Å². The number of carbonyl (C=O) groups excluding carboxylic acids is 1. The largest absolute Gasteiger partial charge is 0.461 e. The Hall–Kier alpha value is -3.66. The number of hydrogen-bond acceptors (Lipinski definition) is 8. The van der Waals surface area contributed by atoms with Gasteiger partial charge in [-0.25, -0.2) is 9.18 Å². The summed E-state index contributed by atoms with van der Waals surface area (Å²) in [5, 5.41) is 2.67. The lowest BCUT2D eigenvalue weighted by molar-refractivity contribution is 0.0122. The molecular weight excluding hydrogens is 619 g/mol. The summed E-state index contributed by atoms with van der Waals surface area (Å²) in [6, 6.07) is 14.0. The fraction of sp³-hybridized carbons (Fsp3) is 0.615. The van der Waals surface area contributed by atoms with E-state index in [0.29, 0.717) is 51.1 Å². The first-order valence-corrected chi connectivity index (χ1v) is 18.6. The SMILES string of the molecule is CC(C)(C)OC(=O)N1[C@@H]2CC[C@H]1CN(c1nc(OCC34CCCN3CC(F)C4)nc3c1CCN(c1cccc4cccc(C5CC5)c14)C3)C2. The first kappa shape index (κ1) is 31.3. The van der Waals surface area contributed by atoms with Crippen LogP contribution >= 0.6 is 0 Å². The van der Waals surface area contributed by atoms with E-state index >= 15 is 0 Å². The summed E-state index contributed by atoms with van der Waals surface area (Å²) < 4.78 is 27.0.